The fourth-order valence-corrected chi connectivity index (χ4v) is 2.17. The Bertz CT molecular complexity index is 351. The van der Waals surface area contributed by atoms with Crippen LogP contribution in [0.3, 0.4) is 0 Å². The van der Waals surface area contributed by atoms with Gasteiger partial charge in [-0.1, -0.05) is 19.3 Å². The summed E-state index contributed by atoms with van der Waals surface area (Å²) >= 11 is 0. The Morgan fingerprint density at radius 2 is 1.75 bits per heavy atom. The Balaban J connectivity index is 2.01. The van der Waals surface area contributed by atoms with E-state index in [1.165, 1.54) is 19.3 Å². The normalized spacial score (nSPS) is 17.9. The van der Waals surface area contributed by atoms with Crippen LogP contribution in [0.15, 0.2) is 18.7 Å². The molecule has 1 fully saturated rings. The van der Waals surface area contributed by atoms with Gasteiger partial charge in [0.05, 0.1) is 7.05 Å². The number of nitrogens with zero attached hydrogens (tertiary/aromatic N) is 3. The third-order valence-corrected chi connectivity index (χ3v) is 3.12. The van der Waals surface area contributed by atoms with E-state index >= 15 is 0 Å². The van der Waals surface area contributed by atoms with Crippen molar-refractivity contribution in [2.24, 2.45) is 7.05 Å². The van der Waals surface area contributed by atoms with Crippen LogP contribution in [0, 0.1) is 0 Å². The minimum atomic E-state index is 0.113. The van der Waals surface area contributed by atoms with Crippen LogP contribution in [0.5, 0.6) is 0 Å². The lowest BCUT2D eigenvalue weighted by Crippen LogP contribution is -2.37. The van der Waals surface area contributed by atoms with Gasteiger partial charge in [0, 0.05) is 13.1 Å². The summed E-state index contributed by atoms with van der Waals surface area (Å²) in [5, 5.41) is 0. The second kappa shape index (κ2) is 5.14. The molecule has 1 aliphatic rings. The highest BCUT2D eigenvalue weighted by atomic mass is 16.2. The van der Waals surface area contributed by atoms with Gasteiger partial charge in [-0.3, -0.25) is 0 Å². The maximum Gasteiger partial charge on any atom is 0.415 e. The fraction of sp³-hybridized carbons (Fsp3) is 0.667. The molecule has 0 bridgehead atoms. The lowest BCUT2D eigenvalue weighted by Gasteiger charge is -2.22. The summed E-state index contributed by atoms with van der Waals surface area (Å²) in [6.45, 7) is 1.81. The van der Waals surface area contributed by atoms with Crippen molar-refractivity contribution < 1.29 is 9.36 Å². The average molecular weight is 222 g/mol. The molecule has 2 rings (SSSR count). The van der Waals surface area contributed by atoms with E-state index in [-0.39, 0.29) is 6.03 Å². The van der Waals surface area contributed by atoms with Gasteiger partial charge < -0.3 is 4.90 Å². The van der Waals surface area contributed by atoms with Gasteiger partial charge in [0.1, 0.15) is 12.4 Å². The Morgan fingerprint density at radius 3 is 2.31 bits per heavy atom. The summed E-state index contributed by atoms with van der Waals surface area (Å²) in [4.78, 5) is 14.1. The summed E-state index contributed by atoms with van der Waals surface area (Å²) in [5.74, 6) is 0. The van der Waals surface area contributed by atoms with Crippen molar-refractivity contribution in [1.29, 1.82) is 0 Å². The van der Waals surface area contributed by atoms with E-state index in [2.05, 4.69) is 0 Å². The van der Waals surface area contributed by atoms with Crippen LogP contribution in [0.25, 0.3) is 0 Å². The Labute approximate surface area is 96.5 Å². The van der Waals surface area contributed by atoms with E-state index in [1.807, 2.05) is 35.2 Å². The highest BCUT2D eigenvalue weighted by molar-refractivity contribution is 5.76. The summed E-state index contributed by atoms with van der Waals surface area (Å²) in [6.07, 6.45) is 11.6. The lowest BCUT2D eigenvalue weighted by atomic mass is 10.1. The first kappa shape index (κ1) is 11.2. The second-order valence-corrected chi connectivity index (χ2v) is 4.52. The van der Waals surface area contributed by atoms with Crippen LogP contribution in [-0.4, -0.2) is 28.6 Å². The smallest absolute Gasteiger partial charge is 0.304 e. The minimum Gasteiger partial charge on any atom is -0.304 e. The number of carbonyl (C=O) groups is 1. The van der Waals surface area contributed by atoms with Crippen molar-refractivity contribution in [3.63, 3.8) is 0 Å². The zero-order valence-electron chi connectivity index (χ0n) is 9.93. The van der Waals surface area contributed by atoms with E-state index in [0.29, 0.717) is 0 Å². The van der Waals surface area contributed by atoms with Crippen LogP contribution in [0.4, 0.5) is 4.79 Å². The predicted octanol–water partition coefficient (Wildman–Crippen LogP) is 1.55. The van der Waals surface area contributed by atoms with Crippen LogP contribution in [0.2, 0.25) is 0 Å². The highest BCUT2D eigenvalue weighted by Crippen LogP contribution is 2.11. The van der Waals surface area contributed by atoms with Crippen molar-refractivity contribution in [3.8, 4) is 0 Å². The Hall–Kier alpha value is -1.32. The minimum absolute atomic E-state index is 0.113. The van der Waals surface area contributed by atoms with Gasteiger partial charge in [-0.2, -0.15) is 4.57 Å². The summed E-state index contributed by atoms with van der Waals surface area (Å²) < 4.78 is 3.56. The van der Waals surface area contributed by atoms with Crippen molar-refractivity contribution in [2.45, 2.75) is 32.1 Å². The molecular weight excluding hydrogens is 202 g/mol. The molecule has 0 aromatic carbocycles. The van der Waals surface area contributed by atoms with E-state index in [1.54, 1.807) is 4.57 Å². The first-order valence-corrected chi connectivity index (χ1v) is 6.10. The number of imidazole rings is 1. The largest absolute Gasteiger partial charge is 0.415 e. The lowest BCUT2D eigenvalue weighted by molar-refractivity contribution is -0.670. The number of aryl methyl sites for hydroxylation is 1. The van der Waals surface area contributed by atoms with E-state index < -0.39 is 0 Å². The molecule has 0 spiro atoms. The van der Waals surface area contributed by atoms with E-state index in [9.17, 15) is 4.79 Å². The molecule has 16 heavy (non-hydrogen) atoms. The Morgan fingerprint density at radius 1 is 1.12 bits per heavy atom. The number of likely N-dealkylation sites (tertiary alicyclic amines) is 1. The molecule has 0 aliphatic carbocycles. The van der Waals surface area contributed by atoms with Gasteiger partial charge >= 0.3 is 6.03 Å². The SMILES string of the molecule is C[n+]1ccn(C(=O)N2CCCCCCC2)c1. The van der Waals surface area contributed by atoms with Crippen LogP contribution in [-0.2, 0) is 7.05 Å². The molecule has 4 nitrogen and oxygen atoms in total. The topological polar surface area (TPSA) is 29.1 Å². The standard InChI is InChI=1S/C12H20N3O/c1-13-9-10-15(11-13)12(16)14-7-5-3-2-4-6-8-14/h9-11H,2-8H2,1H3/q+1. The molecule has 0 atom stereocenters. The van der Waals surface area contributed by atoms with Gasteiger partial charge in [0.2, 0.25) is 0 Å². The van der Waals surface area contributed by atoms with Crippen molar-refractivity contribution >= 4 is 6.03 Å². The number of hydrogen-bond donors (Lipinski definition) is 0. The number of hydrogen-bond acceptors (Lipinski definition) is 1. The first-order chi connectivity index (χ1) is 7.77. The molecule has 0 radical (unpaired) electrons. The predicted molar refractivity (Wildman–Crippen MR) is 61.1 cm³/mol. The van der Waals surface area contributed by atoms with Crippen LogP contribution in [0.1, 0.15) is 32.1 Å². The van der Waals surface area contributed by atoms with Crippen molar-refractivity contribution in [2.75, 3.05) is 13.1 Å². The molecule has 0 N–H and O–H groups in total. The highest BCUT2D eigenvalue weighted by Gasteiger charge is 2.20. The molecule has 0 unspecified atom stereocenters. The summed E-state index contributed by atoms with van der Waals surface area (Å²) in [7, 11) is 1.93. The zero-order valence-corrected chi connectivity index (χ0v) is 9.93. The molecular formula is C12H20N3O+. The molecule has 1 aromatic heterocycles. The first-order valence-electron chi connectivity index (χ1n) is 6.10. The quantitative estimate of drug-likeness (QED) is 0.612. The van der Waals surface area contributed by atoms with Crippen LogP contribution < -0.4 is 4.57 Å². The average Bonchev–Trinajstić information content (AvgIpc) is 2.63. The molecule has 1 aliphatic heterocycles. The van der Waals surface area contributed by atoms with Gasteiger partial charge in [0.25, 0.3) is 6.33 Å². The third-order valence-electron chi connectivity index (χ3n) is 3.12. The van der Waals surface area contributed by atoms with Gasteiger partial charge in [-0.15, -0.1) is 0 Å². The molecule has 1 saturated heterocycles. The number of rotatable bonds is 0. The van der Waals surface area contributed by atoms with Crippen molar-refractivity contribution in [3.05, 3.63) is 18.7 Å². The van der Waals surface area contributed by atoms with E-state index in [0.717, 1.165) is 25.9 Å². The zero-order chi connectivity index (χ0) is 11.4. The maximum absolute atomic E-state index is 12.2. The monoisotopic (exact) mass is 222 g/mol. The van der Waals surface area contributed by atoms with Gasteiger partial charge in [-0.05, 0) is 12.8 Å². The molecule has 2 heterocycles. The second-order valence-electron chi connectivity index (χ2n) is 4.52. The molecule has 0 saturated carbocycles. The third kappa shape index (κ3) is 2.62. The number of aromatic nitrogens is 2. The van der Waals surface area contributed by atoms with Crippen molar-refractivity contribution in [1.82, 2.24) is 9.47 Å². The van der Waals surface area contributed by atoms with E-state index in [4.69, 9.17) is 0 Å². The fourth-order valence-electron chi connectivity index (χ4n) is 2.17. The molecule has 1 aromatic rings. The molecule has 4 heteroatoms. The summed E-state index contributed by atoms with van der Waals surface area (Å²) in [5.41, 5.74) is 0. The maximum atomic E-state index is 12.2. The number of carbonyl (C=O) groups excluding carboxylic acids is 1. The van der Waals surface area contributed by atoms with Gasteiger partial charge in [0.15, 0.2) is 0 Å². The Kier molecular flexibility index (Phi) is 3.59. The van der Waals surface area contributed by atoms with Gasteiger partial charge in [-0.25, -0.2) is 9.36 Å². The molecule has 1 amide bonds. The number of amides is 1. The van der Waals surface area contributed by atoms with Crippen LogP contribution >= 0.6 is 0 Å². The molecule has 88 valence electrons. The summed E-state index contributed by atoms with van der Waals surface area (Å²) in [6, 6.07) is 0.113.